The molecule has 1 aromatic heterocycles. The van der Waals surface area contributed by atoms with E-state index < -0.39 is 0 Å². The van der Waals surface area contributed by atoms with Crippen LogP contribution in [0.25, 0.3) is 0 Å². The highest BCUT2D eigenvalue weighted by molar-refractivity contribution is 5.47. The number of rotatable bonds is 4. The second-order valence-electron chi connectivity index (χ2n) is 5.16. The third-order valence-electron chi connectivity index (χ3n) is 3.96. The highest BCUT2D eigenvalue weighted by Crippen LogP contribution is 2.36. The van der Waals surface area contributed by atoms with Crippen molar-refractivity contribution >= 4 is 5.82 Å². The molecule has 1 N–H and O–H groups in total. The van der Waals surface area contributed by atoms with Gasteiger partial charge in [-0.2, -0.15) is 5.10 Å². The Morgan fingerprint density at radius 2 is 2.14 bits per heavy atom. The van der Waals surface area contributed by atoms with E-state index in [0.29, 0.717) is 0 Å². The standard InChI is InChI=1S/C16H21N3O2/c1-4-11-9-16-17-8-7-14(19(16)18-11)13-10-12(20-2)5-6-15(13)21-3/h5-6,9-10,14,17H,4,7-8H2,1-3H3. The predicted molar refractivity (Wildman–Crippen MR) is 82.4 cm³/mol. The Bertz CT molecular complexity index is 636. The van der Waals surface area contributed by atoms with Crippen LogP contribution >= 0.6 is 0 Å². The number of aromatic nitrogens is 2. The van der Waals surface area contributed by atoms with Crippen molar-refractivity contribution < 1.29 is 9.47 Å². The fourth-order valence-corrected chi connectivity index (χ4v) is 2.83. The van der Waals surface area contributed by atoms with Crippen molar-refractivity contribution in [3.05, 3.63) is 35.5 Å². The molecule has 0 amide bonds. The van der Waals surface area contributed by atoms with E-state index in [1.807, 2.05) is 18.2 Å². The van der Waals surface area contributed by atoms with Crippen LogP contribution in [0.1, 0.15) is 30.6 Å². The minimum absolute atomic E-state index is 0.173. The first-order chi connectivity index (χ1) is 10.3. The van der Waals surface area contributed by atoms with E-state index >= 15 is 0 Å². The van der Waals surface area contributed by atoms with Gasteiger partial charge in [-0.25, -0.2) is 4.68 Å². The maximum atomic E-state index is 5.53. The largest absolute Gasteiger partial charge is 0.497 e. The Balaban J connectivity index is 2.07. The highest BCUT2D eigenvalue weighted by atomic mass is 16.5. The molecule has 1 atom stereocenters. The first-order valence-electron chi connectivity index (χ1n) is 7.31. The summed E-state index contributed by atoms with van der Waals surface area (Å²) in [5.41, 5.74) is 2.22. The van der Waals surface area contributed by atoms with E-state index in [9.17, 15) is 0 Å². The minimum atomic E-state index is 0.173. The van der Waals surface area contributed by atoms with Crippen molar-refractivity contribution in [2.24, 2.45) is 0 Å². The van der Waals surface area contributed by atoms with E-state index in [4.69, 9.17) is 14.6 Å². The van der Waals surface area contributed by atoms with Crippen LogP contribution in [0.4, 0.5) is 5.82 Å². The predicted octanol–water partition coefficient (Wildman–Crippen LogP) is 2.87. The lowest BCUT2D eigenvalue weighted by atomic mass is 10.0. The maximum absolute atomic E-state index is 5.53. The zero-order chi connectivity index (χ0) is 14.8. The number of anilines is 1. The van der Waals surface area contributed by atoms with Crippen molar-refractivity contribution in [3.8, 4) is 11.5 Å². The Labute approximate surface area is 124 Å². The summed E-state index contributed by atoms with van der Waals surface area (Å²) in [6.07, 6.45) is 1.91. The van der Waals surface area contributed by atoms with Gasteiger partial charge in [0.25, 0.3) is 0 Å². The molecule has 0 saturated carbocycles. The van der Waals surface area contributed by atoms with Gasteiger partial charge in [0.15, 0.2) is 0 Å². The molecule has 1 aliphatic rings. The lowest BCUT2D eigenvalue weighted by Gasteiger charge is -2.27. The van der Waals surface area contributed by atoms with Gasteiger partial charge >= 0.3 is 0 Å². The van der Waals surface area contributed by atoms with Crippen molar-refractivity contribution in [2.75, 3.05) is 26.1 Å². The monoisotopic (exact) mass is 287 g/mol. The molecule has 2 heterocycles. The molecule has 0 fully saturated rings. The van der Waals surface area contributed by atoms with Gasteiger partial charge in [0.2, 0.25) is 0 Å². The van der Waals surface area contributed by atoms with Gasteiger partial charge in [-0.3, -0.25) is 0 Å². The van der Waals surface area contributed by atoms with E-state index in [1.54, 1.807) is 14.2 Å². The molecular weight excluding hydrogens is 266 g/mol. The van der Waals surface area contributed by atoms with Gasteiger partial charge in [0, 0.05) is 18.2 Å². The molecule has 2 aromatic rings. The molecule has 0 spiro atoms. The van der Waals surface area contributed by atoms with Crippen LogP contribution < -0.4 is 14.8 Å². The van der Waals surface area contributed by atoms with Crippen LogP contribution in [-0.4, -0.2) is 30.5 Å². The Morgan fingerprint density at radius 1 is 1.29 bits per heavy atom. The van der Waals surface area contributed by atoms with Crippen LogP contribution in [0.5, 0.6) is 11.5 Å². The molecule has 1 aromatic carbocycles. The van der Waals surface area contributed by atoms with Crippen LogP contribution in [0, 0.1) is 0 Å². The molecule has 21 heavy (non-hydrogen) atoms. The summed E-state index contributed by atoms with van der Waals surface area (Å²) in [5, 5.41) is 8.13. The first-order valence-corrected chi connectivity index (χ1v) is 7.31. The molecule has 0 aliphatic carbocycles. The van der Waals surface area contributed by atoms with Gasteiger partial charge in [0.05, 0.1) is 26.0 Å². The molecule has 5 heteroatoms. The lowest BCUT2D eigenvalue weighted by Crippen LogP contribution is -2.24. The van der Waals surface area contributed by atoms with Gasteiger partial charge in [-0.1, -0.05) is 6.92 Å². The highest BCUT2D eigenvalue weighted by Gasteiger charge is 2.25. The van der Waals surface area contributed by atoms with Crippen molar-refractivity contribution in [1.29, 1.82) is 0 Å². The molecule has 0 saturated heterocycles. The molecule has 0 radical (unpaired) electrons. The van der Waals surface area contributed by atoms with E-state index in [0.717, 1.165) is 48.0 Å². The Morgan fingerprint density at radius 3 is 2.86 bits per heavy atom. The van der Waals surface area contributed by atoms with E-state index in [-0.39, 0.29) is 6.04 Å². The van der Waals surface area contributed by atoms with Crippen LogP contribution in [0.2, 0.25) is 0 Å². The zero-order valence-electron chi connectivity index (χ0n) is 12.7. The molecule has 1 aliphatic heterocycles. The van der Waals surface area contributed by atoms with Crippen LogP contribution in [0.15, 0.2) is 24.3 Å². The number of nitrogens with one attached hydrogen (secondary N) is 1. The molecule has 0 bridgehead atoms. The summed E-state index contributed by atoms with van der Waals surface area (Å²) < 4.78 is 13.0. The lowest BCUT2D eigenvalue weighted by molar-refractivity contribution is 0.383. The molecule has 112 valence electrons. The molecule has 5 nitrogen and oxygen atoms in total. The van der Waals surface area contributed by atoms with Crippen molar-refractivity contribution in [2.45, 2.75) is 25.8 Å². The zero-order valence-corrected chi connectivity index (χ0v) is 12.7. The number of aryl methyl sites for hydroxylation is 1. The van der Waals surface area contributed by atoms with Crippen LogP contribution in [0.3, 0.4) is 0 Å². The van der Waals surface area contributed by atoms with Crippen LogP contribution in [-0.2, 0) is 6.42 Å². The summed E-state index contributed by atoms with van der Waals surface area (Å²) >= 11 is 0. The number of methoxy groups -OCH3 is 2. The van der Waals surface area contributed by atoms with Crippen molar-refractivity contribution in [3.63, 3.8) is 0 Å². The van der Waals surface area contributed by atoms with Crippen molar-refractivity contribution in [1.82, 2.24) is 9.78 Å². The number of benzene rings is 1. The molecule has 1 unspecified atom stereocenters. The summed E-state index contributed by atoms with van der Waals surface area (Å²) in [4.78, 5) is 0. The SMILES string of the molecule is CCc1cc2n(n1)C(c1cc(OC)ccc1OC)CCN2. The van der Waals surface area contributed by atoms with Gasteiger partial charge in [0.1, 0.15) is 17.3 Å². The summed E-state index contributed by atoms with van der Waals surface area (Å²) in [6, 6.07) is 8.22. The number of hydrogen-bond acceptors (Lipinski definition) is 4. The average Bonchev–Trinajstić information content (AvgIpc) is 2.97. The van der Waals surface area contributed by atoms with Gasteiger partial charge in [-0.15, -0.1) is 0 Å². The second-order valence-corrected chi connectivity index (χ2v) is 5.16. The number of ether oxygens (including phenoxy) is 2. The second kappa shape index (κ2) is 5.68. The number of nitrogens with zero attached hydrogens (tertiary/aromatic N) is 2. The van der Waals surface area contributed by atoms with E-state index in [1.165, 1.54) is 0 Å². The number of hydrogen-bond donors (Lipinski definition) is 1. The maximum Gasteiger partial charge on any atom is 0.125 e. The van der Waals surface area contributed by atoms with E-state index in [2.05, 4.69) is 23.0 Å². The molecular formula is C16H21N3O2. The topological polar surface area (TPSA) is 48.3 Å². The fourth-order valence-electron chi connectivity index (χ4n) is 2.83. The third kappa shape index (κ3) is 2.44. The summed E-state index contributed by atoms with van der Waals surface area (Å²) in [5.74, 6) is 2.80. The first kappa shape index (κ1) is 13.8. The summed E-state index contributed by atoms with van der Waals surface area (Å²) in [7, 11) is 3.39. The fraction of sp³-hybridized carbons (Fsp3) is 0.438. The summed E-state index contributed by atoms with van der Waals surface area (Å²) in [6.45, 7) is 3.05. The normalized spacial score (nSPS) is 17.0. The quantitative estimate of drug-likeness (QED) is 0.939. The smallest absolute Gasteiger partial charge is 0.125 e. The van der Waals surface area contributed by atoms with Gasteiger partial charge in [-0.05, 0) is 31.0 Å². The van der Waals surface area contributed by atoms with Gasteiger partial charge < -0.3 is 14.8 Å². The average molecular weight is 287 g/mol. The minimum Gasteiger partial charge on any atom is -0.497 e. The third-order valence-corrected chi connectivity index (χ3v) is 3.96. The molecule has 3 rings (SSSR count). The Kier molecular flexibility index (Phi) is 3.73. The number of fused-ring (bicyclic) bond motifs is 1. The Hall–Kier alpha value is -2.17.